The molecule has 262 valence electrons. The van der Waals surface area contributed by atoms with Crippen molar-refractivity contribution in [1.82, 2.24) is 19.8 Å². The molecule has 5 aliphatic rings. The summed E-state index contributed by atoms with van der Waals surface area (Å²) < 4.78 is 53.4. The molecular weight excluding hydrogens is 645 g/mol. The van der Waals surface area contributed by atoms with Crippen molar-refractivity contribution in [2.24, 2.45) is 11.7 Å². The van der Waals surface area contributed by atoms with Crippen molar-refractivity contribution >= 4 is 33.8 Å². The fourth-order valence-corrected chi connectivity index (χ4v) is 8.58. The number of nitrogens with one attached hydrogen (secondary N) is 2. The van der Waals surface area contributed by atoms with Gasteiger partial charge >= 0.3 is 6.09 Å². The smallest absolute Gasteiger partial charge is 0.410 e. The van der Waals surface area contributed by atoms with Gasteiger partial charge in [-0.1, -0.05) is 37.1 Å². The zero-order valence-corrected chi connectivity index (χ0v) is 27.9. The first-order valence-corrected chi connectivity index (χ1v) is 18.3. The van der Waals surface area contributed by atoms with Crippen LogP contribution in [0.2, 0.25) is 0 Å². The summed E-state index contributed by atoms with van der Waals surface area (Å²) in [5.41, 5.74) is 5.96. The molecule has 4 amide bonds. The van der Waals surface area contributed by atoms with Crippen LogP contribution in [0.25, 0.3) is 0 Å². The number of methoxy groups -OCH3 is 1. The quantitative estimate of drug-likeness (QED) is 0.376. The molecule has 2 aliphatic carbocycles. The Hall–Kier alpha value is -3.56. The molecule has 3 heterocycles. The summed E-state index contributed by atoms with van der Waals surface area (Å²) in [6, 6.07) is 2.10. The van der Waals surface area contributed by atoms with Crippen LogP contribution in [0.1, 0.15) is 75.0 Å². The molecule has 3 aliphatic heterocycles. The highest BCUT2D eigenvalue weighted by atomic mass is 32.2. The second-order valence-electron chi connectivity index (χ2n) is 13.6. The van der Waals surface area contributed by atoms with Crippen LogP contribution in [-0.2, 0) is 40.3 Å². The Balaban J connectivity index is 1.22. The maximum Gasteiger partial charge on any atom is 0.410 e. The maximum atomic E-state index is 14.6. The van der Waals surface area contributed by atoms with E-state index in [-0.39, 0.29) is 44.8 Å². The van der Waals surface area contributed by atoms with Crippen molar-refractivity contribution in [3.05, 3.63) is 47.3 Å². The molecule has 6 rings (SSSR count). The van der Waals surface area contributed by atoms with Crippen molar-refractivity contribution < 1.29 is 41.5 Å². The lowest BCUT2D eigenvalue weighted by Gasteiger charge is -2.36. The van der Waals surface area contributed by atoms with E-state index in [1.165, 1.54) is 23.0 Å². The average Bonchev–Trinajstić information content (AvgIpc) is 3.97. The van der Waals surface area contributed by atoms with Gasteiger partial charge in [0.2, 0.25) is 21.8 Å². The van der Waals surface area contributed by atoms with Gasteiger partial charge in [-0.15, -0.1) is 0 Å². The summed E-state index contributed by atoms with van der Waals surface area (Å²) in [6.45, 7) is 0.196. The largest absolute Gasteiger partial charge is 0.444 e. The number of hydrogen-bond acceptors (Lipinski definition) is 9. The molecule has 0 radical (unpaired) electrons. The Morgan fingerprint density at radius 1 is 1.17 bits per heavy atom. The molecule has 4 N–H and O–H groups in total. The minimum Gasteiger partial charge on any atom is -0.444 e. The lowest BCUT2D eigenvalue weighted by molar-refractivity contribution is -0.140. The highest BCUT2D eigenvalue weighted by Crippen LogP contribution is 2.46. The number of carbonyl (C=O) groups is 4. The predicted molar refractivity (Wildman–Crippen MR) is 171 cm³/mol. The van der Waals surface area contributed by atoms with E-state index >= 15 is 0 Å². The average molecular weight is 690 g/mol. The van der Waals surface area contributed by atoms with Crippen LogP contribution in [0.3, 0.4) is 0 Å². The Bertz CT molecular complexity index is 1590. The predicted octanol–water partition coefficient (Wildman–Crippen LogP) is 1.81. The molecule has 0 spiro atoms. The highest BCUT2D eigenvalue weighted by molar-refractivity contribution is 7.91. The number of ether oxygens (including phenoxy) is 2. The fraction of sp³-hybridized carbons (Fsp3) is 0.636. The van der Waals surface area contributed by atoms with E-state index in [2.05, 4.69) is 10.0 Å². The second kappa shape index (κ2) is 13.7. The van der Waals surface area contributed by atoms with Crippen molar-refractivity contribution in [2.45, 2.75) is 99.2 Å². The third-order valence-electron chi connectivity index (χ3n) is 10.2. The molecule has 1 aromatic carbocycles. The van der Waals surface area contributed by atoms with E-state index in [4.69, 9.17) is 15.2 Å². The molecule has 2 saturated carbocycles. The van der Waals surface area contributed by atoms with E-state index in [0.717, 1.165) is 19.3 Å². The molecule has 1 saturated heterocycles. The van der Waals surface area contributed by atoms with Crippen molar-refractivity contribution in [3.8, 4) is 0 Å². The Morgan fingerprint density at radius 2 is 1.96 bits per heavy atom. The topological polar surface area (TPSA) is 177 Å². The standard InChI is InChI=1S/C33H44FN5O8S/c1-46-19-28-24-9-7-10-25(34)23(24)14-15-38(28)32(43)47-21-16-27-29(40)36-33(31(42)37-48(44,45)22-12-13-22)17-20(33)8-5-3-2-4-6-11-26(35)30(41)39(27)18-21/h5,7-10,20-22,26-28H,2-4,6,11-19,35H2,1H3,(H,36,40)(H,37,42)/b8-5-/t20-,21-,26+,27+,28?,33-/m1/s1. The highest BCUT2D eigenvalue weighted by Gasteiger charge is 2.62. The lowest BCUT2D eigenvalue weighted by Crippen LogP contribution is -2.57. The van der Waals surface area contributed by atoms with Gasteiger partial charge in [-0.2, -0.15) is 0 Å². The molecule has 6 atom stereocenters. The number of nitrogens with zero attached hydrogens (tertiary/aromatic N) is 2. The number of carbonyl (C=O) groups excluding carboxylic acids is 4. The molecule has 15 heteroatoms. The lowest BCUT2D eigenvalue weighted by atomic mass is 9.93. The van der Waals surface area contributed by atoms with Gasteiger partial charge < -0.3 is 25.4 Å². The van der Waals surface area contributed by atoms with Gasteiger partial charge in [-0.25, -0.2) is 17.6 Å². The van der Waals surface area contributed by atoms with Crippen LogP contribution >= 0.6 is 0 Å². The third-order valence-corrected chi connectivity index (χ3v) is 12.0. The van der Waals surface area contributed by atoms with Crippen LogP contribution < -0.4 is 15.8 Å². The number of amides is 4. The van der Waals surface area contributed by atoms with E-state index in [0.29, 0.717) is 36.8 Å². The molecule has 13 nitrogen and oxygen atoms in total. The second-order valence-corrected chi connectivity index (χ2v) is 15.6. The van der Waals surface area contributed by atoms with Gasteiger partial charge in [-0.3, -0.25) is 24.0 Å². The number of fused-ring (bicyclic) bond motifs is 3. The van der Waals surface area contributed by atoms with Crippen molar-refractivity contribution in [3.63, 3.8) is 0 Å². The van der Waals surface area contributed by atoms with Gasteiger partial charge in [-0.05, 0) is 62.1 Å². The van der Waals surface area contributed by atoms with Crippen LogP contribution in [-0.4, -0.2) is 97.8 Å². The Morgan fingerprint density at radius 3 is 2.71 bits per heavy atom. The Labute approximate surface area is 279 Å². The summed E-state index contributed by atoms with van der Waals surface area (Å²) in [4.78, 5) is 57.5. The van der Waals surface area contributed by atoms with Gasteiger partial charge in [0.05, 0.1) is 30.5 Å². The minimum atomic E-state index is -3.87. The number of benzene rings is 1. The molecule has 1 aromatic rings. The van der Waals surface area contributed by atoms with E-state index < -0.39 is 74.8 Å². The summed E-state index contributed by atoms with van der Waals surface area (Å²) in [5, 5.41) is 2.17. The first kappa shape index (κ1) is 34.3. The first-order chi connectivity index (χ1) is 22.9. The monoisotopic (exact) mass is 689 g/mol. The van der Waals surface area contributed by atoms with E-state index in [1.54, 1.807) is 12.1 Å². The van der Waals surface area contributed by atoms with Gasteiger partial charge in [0.1, 0.15) is 23.5 Å². The normalized spacial score (nSPS) is 31.7. The molecule has 48 heavy (non-hydrogen) atoms. The van der Waals surface area contributed by atoms with Gasteiger partial charge in [0, 0.05) is 26.0 Å². The van der Waals surface area contributed by atoms with Crippen molar-refractivity contribution in [2.75, 3.05) is 26.8 Å². The molecule has 0 aromatic heterocycles. The number of hydrogen-bond donors (Lipinski definition) is 3. The molecule has 0 bridgehead atoms. The first-order valence-electron chi connectivity index (χ1n) is 16.8. The SMILES string of the molecule is COCC1c2cccc(F)c2CCN1C(=O)O[C@@H]1C[C@H]2C(=O)N[C@]3(C(=O)NS(=O)(=O)C4CC4)C[C@H]3/C=C\CCCCC[C@H](N)C(=O)N2C1. The van der Waals surface area contributed by atoms with Crippen LogP contribution in [0.15, 0.2) is 30.4 Å². The van der Waals surface area contributed by atoms with Crippen molar-refractivity contribution in [1.29, 1.82) is 0 Å². The number of sulfonamides is 1. The number of nitrogens with two attached hydrogens (primary N) is 1. The molecule has 1 unspecified atom stereocenters. The maximum absolute atomic E-state index is 14.6. The van der Waals surface area contributed by atoms with Crippen LogP contribution in [0, 0.1) is 11.7 Å². The molecule has 3 fully saturated rings. The number of allylic oxidation sites excluding steroid dienone is 1. The van der Waals surface area contributed by atoms with Crippen LogP contribution in [0.5, 0.6) is 0 Å². The fourth-order valence-electron chi connectivity index (χ4n) is 7.22. The number of halogens is 1. The summed E-state index contributed by atoms with van der Waals surface area (Å²) in [5.74, 6) is -2.70. The number of rotatable bonds is 6. The molecular formula is C33H44FN5O8S. The van der Waals surface area contributed by atoms with Gasteiger partial charge in [0.15, 0.2) is 0 Å². The summed E-state index contributed by atoms with van der Waals surface area (Å²) in [7, 11) is -2.39. The minimum absolute atomic E-state index is 0.0530. The zero-order chi connectivity index (χ0) is 34.2. The van der Waals surface area contributed by atoms with E-state index in [1.807, 2.05) is 12.2 Å². The summed E-state index contributed by atoms with van der Waals surface area (Å²) >= 11 is 0. The van der Waals surface area contributed by atoms with E-state index in [9.17, 15) is 32.0 Å². The third kappa shape index (κ3) is 6.95. The zero-order valence-electron chi connectivity index (χ0n) is 27.1. The van der Waals surface area contributed by atoms with Gasteiger partial charge in [0.25, 0.3) is 5.91 Å². The Kier molecular flexibility index (Phi) is 9.83. The van der Waals surface area contributed by atoms with Crippen LogP contribution in [0.4, 0.5) is 9.18 Å². The summed E-state index contributed by atoms with van der Waals surface area (Å²) in [6.07, 6.45) is 7.10.